The van der Waals surface area contributed by atoms with Gasteiger partial charge >= 0.3 is 0 Å². The first-order valence-corrected chi connectivity index (χ1v) is 13.1. The minimum Gasteiger partial charge on any atom is -0.486 e. The van der Waals surface area contributed by atoms with Crippen molar-refractivity contribution < 1.29 is 14.3 Å². The number of benzene rings is 1. The third kappa shape index (κ3) is 4.50. The average molecular weight is 474 g/mol. The number of fused-ring (bicyclic) bond motifs is 2. The van der Waals surface area contributed by atoms with E-state index in [1.54, 1.807) is 30.0 Å². The van der Waals surface area contributed by atoms with Crippen molar-refractivity contribution in [1.82, 2.24) is 9.55 Å². The summed E-state index contributed by atoms with van der Waals surface area (Å²) in [5.41, 5.74) is 1.62. The SMILES string of the molecule is CC1Cc2nc(SCC(=O)Nc3ccc4c(c3)OCCO4)n(C3CCCCC3)c(=O)c2S1. The van der Waals surface area contributed by atoms with Gasteiger partial charge in [-0.3, -0.25) is 14.2 Å². The Balaban J connectivity index is 1.33. The predicted octanol–water partition coefficient (Wildman–Crippen LogP) is 4.29. The average Bonchev–Trinajstić information content (AvgIpc) is 3.19. The number of carbonyl (C=O) groups is 1. The van der Waals surface area contributed by atoms with Gasteiger partial charge in [-0.05, 0) is 25.0 Å². The molecule has 1 amide bonds. The monoisotopic (exact) mass is 473 g/mol. The molecular weight excluding hydrogens is 446 g/mol. The fourth-order valence-corrected chi connectivity index (χ4v) is 6.51. The van der Waals surface area contributed by atoms with Gasteiger partial charge in [-0.2, -0.15) is 0 Å². The highest BCUT2D eigenvalue weighted by atomic mass is 32.2. The number of rotatable bonds is 5. The Kier molecular flexibility index (Phi) is 6.37. The van der Waals surface area contributed by atoms with Crippen molar-refractivity contribution >= 4 is 35.1 Å². The molecular formula is C23H27N3O4S2. The van der Waals surface area contributed by atoms with E-state index in [0.29, 0.717) is 40.8 Å². The van der Waals surface area contributed by atoms with Crippen LogP contribution in [0.2, 0.25) is 0 Å². The molecule has 0 spiro atoms. The maximum atomic E-state index is 13.4. The number of thioether (sulfide) groups is 2. The van der Waals surface area contributed by atoms with E-state index in [1.807, 2.05) is 4.57 Å². The van der Waals surface area contributed by atoms with Crippen LogP contribution in [0.15, 0.2) is 33.0 Å². The van der Waals surface area contributed by atoms with Gasteiger partial charge in [0.05, 0.1) is 16.3 Å². The van der Waals surface area contributed by atoms with Crippen molar-refractivity contribution in [3.05, 3.63) is 34.2 Å². The molecule has 170 valence electrons. The molecule has 1 saturated carbocycles. The lowest BCUT2D eigenvalue weighted by Gasteiger charge is -2.26. The number of hydrogen-bond acceptors (Lipinski definition) is 7. The van der Waals surface area contributed by atoms with Crippen molar-refractivity contribution in [2.45, 2.75) is 66.8 Å². The summed E-state index contributed by atoms with van der Waals surface area (Å²) in [6.45, 7) is 3.16. The van der Waals surface area contributed by atoms with Crippen molar-refractivity contribution in [3.63, 3.8) is 0 Å². The van der Waals surface area contributed by atoms with Crippen LogP contribution in [0.5, 0.6) is 11.5 Å². The molecule has 3 aliphatic rings. The lowest BCUT2D eigenvalue weighted by atomic mass is 9.95. The van der Waals surface area contributed by atoms with E-state index < -0.39 is 0 Å². The third-order valence-corrected chi connectivity index (χ3v) is 8.18. The molecule has 7 nitrogen and oxygen atoms in total. The molecule has 2 aromatic rings. The summed E-state index contributed by atoms with van der Waals surface area (Å²) in [6, 6.07) is 5.56. The van der Waals surface area contributed by atoms with Crippen LogP contribution in [0.4, 0.5) is 5.69 Å². The summed E-state index contributed by atoms with van der Waals surface area (Å²) in [6.07, 6.45) is 6.28. The Morgan fingerprint density at radius 1 is 1.22 bits per heavy atom. The Morgan fingerprint density at radius 3 is 2.81 bits per heavy atom. The molecule has 1 unspecified atom stereocenters. The highest BCUT2D eigenvalue weighted by molar-refractivity contribution is 8.00. The molecule has 5 rings (SSSR count). The number of amides is 1. The molecule has 2 aliphatic heterocycles. The minimum atomic E-state index is -0.139. The molecule has 1 atom stereocenters. The van der Waals surface area contributed by atoms with Gasteiger partial charge in [0, 0.05) is 29.5 Å². The number of nitrogens with one attached hydrogen (secondary N) is 1. The Morgan fingerprint density at radius 2 is 2.00 bits per heavy atom. The molecule has 3 heterocycles. The summed E-state index contributed by atoms with van der Waals surface area (Å²) in [5.74, 6) is 1.38. The van der Waals surface area contributed by atoms with Crippen LogP contribution in [-0.2, 0) is 11.2 Å². The van der Waals surface area contributed by atoms with Gasteiger partial charge < -0.3 is 14.8 Å². The van der Waals surface area contributed by atoms with Crippen molar-refractivity contribution in [3.8, 4) is 11.5 Å². The highest BCUT2D eigenvalue weighted by Gasteiger charge is 2.29. The fourth-order valence-electron chi connectivity index (χ4n) is 4.52. The summed E-state index contributed by atoms with van der Waals surface area (Å²) in [7, 11) is 0. The van der Waals surface area contributed by atoms with Crippen LogP contribution in [0.25, 0.3) is 0 Å². The van der Waals surface area contributed by atoms with Crippen LogP contribution in [-0.4, -0.2) is 39.7 Å². The smallest absolute Gasteiger partial charge is 0.268 e. The van der Waals surface area contributed by atoms with E-state index in [2.05, 4.69) is 12.2 Å². The zero-order chi connectivity index (χ0) is 22.1. The Hall–Kier alpha value is -2.13. The molecule has 0 bridgehead atoms. The molecule has 1 aromatic heterocycles. The quantitative estimate of drug-likeness (QED) is 0.512. The molecule has 32 heavy (non-hydrogen) atoms. The predicted molar refractivity (Wildman–Crippen MR) is 126 cm³/mol. The lowest BCUT2D eigenvalue weighted by Crippen LogP contribution is -2.30. The van der Waals surface area contributed by atoms with Crippen molar-refractivity contribution in [1.29, 1.82) is 0 Å². The number of anilines is 1. The molecule has 1 aromatic carbocycles. The third-order valence-electron chi connectivity index (χ3n) is 6.01. The first kappa shape index (κ1) is 21.7. The summed E-state index contributed by atoms with van der Waals surface area (Å²) >= 11 is 2.99. The molecule has 1 fully saturated rings. The van der Waals surface area contributed by atoms with E-state index in [4.69, 9.17) is 14.5 Å². The second kappa shape index (κ2) is 9.39. The number of aromatic nitrogens is 2. The van der Waals surface area contributed by atoms with Gasteiger partial charge in [-0.25, -0.2) is 4.98 Å². The number of hydrogen-bond donors (Lipinski definition) is 1. The van der Waals surface area contributed by atoms with Gasteiger partial charge in [0.1, 0.15) is 13.2 Å². The van der Waals surface area contributed by atoms with Crippen LogP contribution in [0.3, 0.4) is 0 Å². The van der Waals surface area contributed by atoms with E-state index in [1.165, 1.54) is 18.2 Å². The van der Waals surface area contributed by atoms with Crippen LogP contribution in [0.1, 0.15) is 50.8 Å². The van der Waals surface area contributed by atoms with E-state index >= 15 is 0 Å². The van der Waals surface area contributed by atoms with Crippen LogP contribution < -0.4 is 20.3 Å². The van der Waals surface area contributed by atoms with Gasteiger partial charge in [0.15, 0.2) is 16.7 Å². The van der Waals surface area contributed by atoms with Gasteiger partial charge in [0.25, 0.3) is 5.56 Å². The van der Waals surface area contributed by atoms with Crippen molar-refractivity contribution in [2.24, 2.45) is 0 Å². The summed E-state index contributed by atoms with van der Waals surface area (Å²) in [4.78, 5) is 31.7. The van der Waals surface area contributed by atoms with Crippen molar-refractivity contribution in [2.75, 3.05) is 24.3 Å². The van der Waals surface area contributed by atoms with Crippen LogP contribution in [0, 0.1) is 0 Å². The maximum absolute atomic E-state index is 13.4. The maximum Gasteiger partial charge on any atom is 0.268 e. The Labute approximate surface area is 195 Å². The molecule has 1 N–H and O–H groups in total. The summed E-state index contributed by atoms with van der Waals surface area (Å²) in [5, 5.41) is 3.96. The first-order chi connectivity index (χ1) is 15.6. The fraction of sp³-hybridized carbons (Fsp3) is 0.522. The van der Waals surface area contributed by atoms with Crippen LogP contribution >= 0.6 is 23.5 Å². The summed E-state index contributed by atoms with van der Waals surface area (Å²) < 4.78 is 13.0. The molecule has 9 heteroatoms. The first-order valence-electron chi connectivity index (χ1n) is 11.2. The standard InChI is InChI=1S/C23H27N3O4S2/c1-14-11-17-21(32-14)22(28)26(16-5-3-2-4-6-16)23(25-17)31-13-20(27)24-15-7-8-18-19(12-15)30-10-9-29-18/h7-8,12,14,16H,2-6,9-11,13H2,1H3,(H,24,27). The molecule has 0 saturated heterocycles. The molecule has 0 radical (unpaired) electrons. The van der Waals surface area contributed by atoms with Gasteiger partial charge in [-0.1, -0.05) is 37.9 Å². The minimum absolute atomic E-state index is 0.0750. The van der Waals surface area contributed by atoms with Gasteiger partial charge in [0.2, 0.25) is 5.91 Å². The zero-order valence-electron chi connectivity index (χ0n) is 18.1. The van der Waals surface area contributed by atoms with E-state index in [0.717, 1.165) is 42.7 Å². The second-order valence-electron chi connectivity index (χ2n) is 8.47. The number of ether oxygens (including phenoxy) is 2. The second-order valence-corrected chi connectivity index (χ2v) is 10.9. The van der Waals surface area contributed by atoms with E-state index in [9.17, 15) is 9.59 Å². The topological polar surface area (TPSA) is 82.4 Å². The van der Waals surface area contributed by atoms with Gasteiger partial charge in [-0.15, -0.1) is 11.8 Å². The largest absolute Gasteiger partial charge is 0.486 e. The van der Waals surface area contributed by atoms with E-state index in [-0.39, 0.29) is 23.3 Å². The Bertz CT molecular complexity index is 1080. The molecule has 1 aliphatic carbocycles. The number of nitrogens with zero attached hydrogens (tertiary/aromatic N) is 2. The number of carbonyl (C=O) groups excluding carboxylic acids is 1. The lowest BCUT2D eigenvalue weighted by molar-refractivity contribution is -0.113. The highest BCUT2D eigenvalue weighted by Crippen LogP contribution is 2.37. The normalized spacial score (nSPS) is 20.1. The zero-order valence-corrected chi connectivity index (χ0v) is 19.7.